The Bertz CT molecular complexity index is 1170. The van der Waals surface area contributed by atoms with Gasteiger partial charge in [-0.1, -0.05) is 30.3 Å². The lowest BCUT2D eigenvalue weighted by atomic mass is 10.1. The fraction of sp³-hybridized carbons (Fsp3) is 0. The molecule has 0 bridgehead atoms. The van der Waals surface area contributed by atoms with E-state index in [0.29, 0.717) is 6.08 Å². The number of rotatable bonds is 3. The number of nitrogens with zero attached hydrogens (tertiary/aromatic N) is 1. The highest BCUT2D eigenvalue weighted by Crippen LogP contribution is 2.35. The van der Waals surface area contributed by atoms with Gasteiger partial charge < -0.3 is 5.41 Å². The molecule has 0 saturated heterocycles. The molecule has 2 aromatic rings. The lowest BCUT2D eigenvalue weighted by Gasteiger charge is -2.05. The summed E-state index contributed by atoms with van der Waals surface area (Å²) in [6, 6.07) is 12.7. The third-order valence-electron chi connectivity index (χ3n) is 3.65. The highest BCUT2D eigenvalue weighted by Gasteiger charge is 2.39. The number of hydrogen-bond acceptors (Lipinski definition) is 5. The number of fused-ring (bicyclic) bond motifs is 1. The van der Waals surface area contributed by atoms with Crippen LogP contribution in [-0.4, -0.2) is 28.5 Å². The second-order valence-electron chi connectivity index (χ2n) is 5.13. The van der Waals surface area contributed by atoms with Gasteiger partial charge in [-0.25, -0.2) is 22.7 Å². The first kappa shape index (κ1) is 17.0. The first-order valence-corrected chi connectivity index (χ1v) is 9.94. The molecule has 2 aromatic carbocycles. The van der Waals surface area contributed by atoms with E-state index < -0.39 is 35.3 Å². The second-order valence-corrected chi connectivity index (χ2v) is 8.93. The van der Waals surface area contributed by atoms with Gasteiger partial charge in [0.1, 0.15) is 4.91 Å². The molecule has 0 unspecified atom stereocenters. The maximum absolute atomic E-state index is 12.5. The Labute approximate surface area is 144 Å². The van der Waals surface area contributed by atoms with E-state index in [0.717, 1.165) is 0 Å². The monoisotopic (exact) mass is 372 g/mol. The molecule has 0 saturated carbocycles. The molecular weight excluding hydrogens is 362 g/mol. The van der Waals surface area contributed by atoms with Gasteiger partial charge in [-0.3, -0.25) is 4.79 Å². The predicted octanol–water partition coefficient (Wildman–Crippen LogP) is 2.14. The van der Waals surface area contributed by atoms with Gasteiger partial charge in [0.05, 0.1) is 14.7 Å². The Kier molecular flexibility index (Phi) is 4.04. The van der Waals surface area contributed by atoms with Gasteiger partial charge in [0, 0.05) is 5.56 Å². The standard InChI is InChI=1S/C17H10NO5S2/c18-11-13(24(20,21)12-6-2-1-3-7-12)10-16-17(19)14-8-4-5-9-15(14)25(16,22)23/h1-10H/q-1. The van der Waals surface area contributed by atoms with Gasteiger partial charge in [-0.15, -0.1) is 0 Å². The predicted molar refractivity (Wildman–Crippen MR) is 91.5 cm³/mol. The molecule has 0 aromatic heterocycles. The van der Waals surface area contributed by atoms with Crippen LogP contribution in [0, 0.1) is 0 Å². The van der Waals surface area contributed by atoms with Gasteiger partial charge >= 0.3 is 0 Å². The largest absolute Gasteiger partial charge is 0.762 e. The van der Waals surface area contributed by atoms with Crippen molar-refractivity contribution in [3.63, 3.8) is 0 Å². The summed E-state index contributed by atoms with van der Waals surface area (Å²) in [5.41, 5.74) is -0.0388. The van der Waals surface area contributed by atoms with Crippen LogP contribution >= 0.6 is 0 Å². The quantitative estimate of drug-likeness (QED) is 0.606. The smallest absolute Gasteiger partial charge is 0.212 e. The minimum absolute atomic E-state index is 0.0388. The average Bonchev–Trinajstić information content (AvgIpc) is 2.80. The summed E-state index contributed by atoms with van der Waals surface area (Å²) in [6.07, 6.45) is 0.639. The topological polar surface area (TPSA) is 108 Å². The van der Waals surface area contributed by atoms with Crippen LogP contribution in [-0.2, 0) is 19.7 Å². The van der Waals surface area contributed by atoms with Crippen molar-refractivity contribution in [2.75, 3.05) is 0 Å². The first-order valence-electron chi connectivity index (χ1n) is 6.98. The Hall–Kier alpha value is -2.80. The van der Waals surface area contributed by atoms with Crippen molar-refractivity contribution in [3.8, 4) is 0 Å². The SMILES string of the molecule is [N-]=C=C(C=C1C(=O)c2ccccc2S1(=O)=O)S(=O)(=O)c1ccccc1. The molecule has 0 fully saturated rings. The number of carbonyl (C=O) groups is 1. The molecule has 0 aliphatic carbocycles. The van der Waals surface area contributed by atoms with E-state index in [1.165, 1.54) is 54.4 Å². The van der Waals surface area contributed by atoms with Gasteiger partial charge in [-0.05, 0) is 30.3 Å². The molecule has 1 aliphatic heterocycles. The summed E-state index contributed by atoms with van der Waals surface area (Å²) < 4.78 is 50.1. The number of sulfone groups is 2. The zero-order valence-corrected chi connectivity index (χ0v) is 14.2. The average molecular weight is 372 g/mol. The number of hydrogen-bond donors (Lipinski definition) is 0. The molecule has 126 valence electrons. The third kappa shape index (κ3) is 2.66. The number of ketones is 1. The fourth-order valence-electron chi connectivity index (χ4n) is 2.42. The van der Waals surface area contributed by atoms with Crippen LogP contribution in [0.3, 0.4) is 0 Å². The Balaban J connectivity index is 2.18. The van der Waals surface area contributed by atoms with E-state index >= 15 is 0 Å². The van der Waals surface area contributed by atoms with Crippen LogP contribution in [0.1, 0.15) is 10.4 Å². The van der Waals surface area contributed by atoms with E-state index in [2.05, 4.69) is 0 Å². The number of carbonyl (C=O) groups excluding carboxylic acids is 1. The van der Waals surface area contributed by atoms with Crippen molar-refractivity contribution in [1.29, 1.82) is 0 Å². The summed E-state index contributed by atoms with van der Waals surface area (Å²) in [6.45, 7) is 0. The van der Waals surface area contributed by atoms with Crippen molar-refractivity contribution in [2.45, 2.75) is 9.79 Å². The molecule has 1 heterocycles. The van der Waals surface area contributed by atoms with Gasteiger partial charge in [0.2, 0.25) is 25.5 Å². The van der Waals surface area contributed by atoms with Crippen LogP contribution in [0.15, 0.2) is 80.3 Å². The molecule has 0 amide bonds. The molecular formula is C17H10NO5S2-. The van der Waals surface area contributed by atoms with E-state index in [1.807, 2.05) is 0 Å². The Morgan fingerprint density at radius 1 is 1.00 bits per heavy atom. The maximum atomic E-state index is 12.5. The third-order valence-corrected chi connectivity index (χ3v) is 7.15. The summed E-state index contributed by atoms with van der Waals surface area (Å²) in [7, 11) is -8.41. The summed E-state index contributed by atoms with van der Waals surface area (Å²) in [5.74, 6) is 0.661. The van der Waals surface area contributed by atoms with Crippen LogP contribution in [0.5, 0.6) is 0 Å². The number of benzene rings is 2. The maximum Gasteiger partial charge on any atom is 0.212 e. The van der Waals surface area contributed by atoms with Gasteiger partial charge in [0.15, 0.2) is 0 Å². The minimum Gasteiger partial charge on any atom is -0.762 e. The van der Waals surface area contributed by atoms with Crippen molar-refractivity contribution in [1.82, 2.24) is 0 Å². The molecule has 25 heavy (non-hydrogen) atoms. The normalized spacial score (nSPS) is 17.1. The molecule has 0 atom stereocenters. The van der Waals surface area contributed by atoms with E-state index in [1.54, 1.807) is 6.07 Å². The summed E-state index contributed by atoms with van der Waals surface area (Å²) in [5, 5.41) is 9.24. The summed E-state index contributed by atoms with van der Waals surface area (Å²) in [4.78, 5) is 10.5. The van der Waals surface area contributed by atoms with E-state index in [4.69, 9.17) is 0 Å². The zero-order valence-electron chi connectivity index (χ0n) is 12.6. The number of allylic oxidation sites excluding steroid dienone is 2. The van der Waals surface area contributed by atoms with Gasteiger partial charge in [-0.2, -0.15) is 0 Å². The lowest BCUT2D eigenvalue weighted by molar-refractivity contribution is 0.104. The van der Waals surface area contributed by atoms with Crippen molar-refractivity contribution >= 4 is 31.3 Å². The molecule has 3 rings (SSSR count). The highest BCUT2D eigenvalue weighted by molar-refractivity contribution is 7.97. The van der Waals surface area contributed by atoms with E-state index in [9.17, 15) is 27.0 Å². The van der Waals surface area contributed by atoms with E-state index in [-0.39, 0.29) is 15.4 Å². The van der Waals surface area contributed by atoms with Crippen LogP contribution in [0.4, 0.5) is 0 Å². The Morgan fingerprint density at radius 3 is 2.20 bits per heavy atom. The molecule has 1 aliphatic rings. The van der Waals surface area contributed by atoms with Crippen molar-refractivity contribution in [2.24, 2.45) is 0 Å². The van der Waals surface area contributed by atoms with Crippen LogP contribution in [0.2, 0.25) is 0 Å². The van der Waals surface area contributed by atoms with Crippen LogP contribution < -0.4 is 0 Å². The first-order chi connectivity index (χ1) is 11.8. The second kappa shape index (κ2) is 5.93. The van der Waals surface area contributed by atoms with Crippen LogP contribution in [0.25, 0.3) is 5.41 Å². The van der Waals surface area contributed by atoms with Crippen molar-refractivity contribution < 1.29 is 21.6 Å². The minimum atomic E-state index is -4.24. The van der Waals surface area contributed by atoms with Crippen molar-refractivity contribution in [3.05, 3.63) is 81.5 Å². The number of Topliss-reactive ketones (excluding diaryl/α,β-unsaturated/α-hetero) is 1. The molecule has 0 N–H and O–H groups in total. The highest BCUT2D eigenvalue weighted by atomic mass is 32.2. The fourth-order valence-corrected chi connectivity index (χ4v) is 5.23. The lowest BCUT2D eigenvalue weighted by Crippen LogP contribution is -2.08. The zero-order chi connectivity index (χ0) is 18.2. The molecule has 0 radical (unpaired) electrons. The van der Waals surface area contributed by atoms with Gasteiger partial charge in [0.25, 0.3) is 0 Å². The molecule has 6 nitrogen and oxygen atoms in total. The molecule has 0 spiro atoms. The molecule has 8 heteroatoms. The summed E-state index contributed by atoms with van der Waals surface area (Å²) >= 11 is 0. The Morgan fingerprint density at radius 2 is 1.60 bits per heavy atom.